The van der Waals surface area contributed by atoms with Crippen LogP contribution in [0.4, 0.5) is 0 Å². The molecule has 2 aromatic rings. The highest BCUT2D eigenvalue weighted by Gasteiger charge is 2.06. The Morgan fingerprint density at radius 3 is 2.82 bits per heavy atom. The molecule has 22 heavy (non-hydrogen) atoms. The van der Waals surface area contributed by atoms with Gasteiger partial charge in [-0.15, -0.1) is 0 Å². The highest BCUT2D eigenvalue weighted by Crippen LogP contribution is 2.21. The first-order valence-corrected chi connectivity index (χ1v) is 7.00. The number of hydrogen-bond acceptors (Lipinski definition) is 4. The van der Waals surface area contributed by atoms with Gasteiger partial charge in [0.05, 0.1) is 11.6 Å². The predicted molar refractivity (Wildman–Crippen MR) is 82.6 cm³/mol. The van der Waals surface area contributed by atoms with Gasteiger partial charge >= 0.3 is 5.97 Å². The Morgan fingerprint density at radius 1 is 1.27 bits per heavy atom. The molecule has 5 heteroatoms. The van der Waals surface area contributed by atoms with Crippen LogP contribution in [0.1, 0.15) is 16.7 Å². The summed E-state index contributed by atoms with van der Waals surface area (Å²) < 4.78 is 10.5. The summed E-state index contributed by atoms with van der Waals surface area (Å²) in [6.07, 6.45) is 0. The van der Waals surface area contributed by atoms with Crippen molar-refractivity contribution in [2.24, 2.45) is 0 Å². The number of carbonyl (C=O) groups is 1. The van der Waals surface area contributed by atoms with E-state index in [1.165, 1.54) is 0 Å². The molecule has 0 saturated heterocycles. The van der Waals surface area contributed by atoms with Gasteiger partial charge in [-0.2, -0.15) is 5.26 Å². The van der Waals surface area contributed by atoms with Gasteiger partial charge in [-0.3, -0.25) is 0 Å². The van der Waals surface area contributed by atoms with Crippen LogP contribution in [0.3, 0.4) is 0 Å². The van der Waals surface area contributed by atoms with Crippen molar-refractivity contribution in [3.63, 3.8) is 0 Å². The molecule has 0 amide bonds. The lowest BCUT2D eigenvalue weighted by molar-refractivity contribution is -0.147. The Hall–Kier alpha value is -2.51. The topological polar surface area (TPSA) is 59.3 Å². The first kappa shape index (κ1) is 15.9. The van der Waals surface area contributed by atoms with Gasteiger partial charge in [-0.05, 0) is 48.4 Å². The van der Waals surface area contributed by atoms with Crippen LogP contribution in [0, 0.1) is 18.3 Å². The molecule has 0 aromatic heterocycles. The second-order valence-corrected chi connectivity index (χ2v) is 5.08. The van der Waals surface area contributed by atoms with E-state index in [0.717, 1.165) is 11.1 Å². The molecule has 0 bridgehead atoms. The number of hydrogen-bond donors (Lipinski definition) is 0. The van der Waals surface area contributed by atoms with E-state index >= 15 is 0 Å². The SMILES string of the molecule is Cc1cc(OCC(=O)OCc2cccc(C#N)c2)ccc1Cl. The third kappa shape index (κ3) is 4.51. The molecule has 0 aliphatic heterocycles. The van der Waals surface area contributed by atoms with Gasteiger partial charge < -0.3 is 9.47 Å². The van der Waals surface area contributed by atoms with Crippen molar-refractivity contribution in [3.8, 4) is 11.8 Å². The van der Waals surface area contributed by atoms with Crippen molar-refractivity contribution in [1.82, 2.24) is 0 Å². The molecule has 0 atom stereocenters. The van der Waals surface area contributed by atoms with Crippen LogP contribution < -0.4 is 4.74 Å². The Morgan fingerprint density at radius 2 is 2.09 bits per heavy atom. The van der Waals surface area contributed by atoms with Crippen molar-refractivity contribution >= 4 is 17.6 Å². The van der Waals surface area contributed by atoms with Gasteiger partial charge in [0.1, 0.15) is 12.4 Å². The third-order valence-corrected chi connectivity index (χ3v) is 3.37. The predicted octanol–water partition coefficient (Wildman–Crippen LogP) is 3.64. The fourth-order valence-corrected chi connectivity index (χ4v) is 1.90. The minimum Gasteiger partial charge on any atom is -0.482 e. The molecule has 0 aliphatic rings. The third-order valence-electron chi connectivity index (χ3n) is 2.94. The fourth-order valence-electron chi connectivity index (χ4n) is 1.79. The number of rotatable bonds is 5. The van der Waals surface area contributed by atoms with Gasteiger partial charge in [0.25, 0.3) is 0 Å². The summed E-state index contributed by atoms with van der Waals surface area (Å²) in [5.74, 6) is 0.0836. The van der Waals surface area contributed by atoms with Crippen LogP contribution in [0.5, 0.6) is 5.75 Å². The monoisotopic (exact) mass is 315 g/mol. The van der Waals surface area contributed by atoms with E-state index in [0.29, 0.717) is 16.3 Å². The van der Waals surface area contributed by atoms with Gasteiger partial charge in [0.2, 0.25) is 0 Å². The first-order valence-electron chi connectivity index (χ1n) is 6.62. The summed E-state index contributed by atoms with van der Waals surface area (Å²) in [4.78, 5) is 11.7. The molecule has 0 radical (unpaired) electrons. The molecule has 112 valence electrons. The zero-order valence-electron chi connectivity index (χ0n) is 12.0. The molecule has 0 fully saturated rings. The molecule has 2 aromatic carbocycles. The van der Waals surface area contributed by atoms with Crippen LogP contribution in [-0.4, -0.2) is 12.6 Å². The summed E-state index contributed by atoms with van der Waals surface area (Å²) in [6.45, 7) is 1.78. The standard InChI is InChI=1S/C17H14ClNO3/c1-12-7-15(5-6-16(12)18)21-11-17(20)22-10-14-4-2-3-13(8-14)9-19/h2-8H,10-11H2,1H3. The van der Waals surface area contributed by atoms with E-state index in [4.69, 9.17) is 26.3 Å². The Bertz CT molecular complexity index is 722. The van der Waals surface area contributed by atoms with Crippen molar-refractivity contribution in [1.29, 1.82) is 5.26 Å². The molecule has 0 saturated carbocycles. The lowest BCUT2D eigenvalue weighted by Gasteiger charge is -2.08. The van der Waals surface area contributed by atoms with Crippen LogP contribution >= 0.6 is 11.6 Å². The van der Waals surface area contributed by atoms with Crippen molar-refractivity contribution in [2.75, 3.05) is 6.61 Å². The Kier molecular flexibility index (Phi) is 5.40. The number of nitriles is 1. The molecule has 0 N–H and O–H groups in total. The van der Waals surface area contributed by atoms with E-state index < -0.39 is 5.97 Å². The second kappa shape index (κ2) is 7.48. The minimum absolute atomic E-state index is 0.108. The molecule has 4 nitrogen and oxygen atoms in total. The van der Waals surface area contributed by atoms with Crippen molar-refractivity contribution in [2.45, 2.75) is 13.5 Å². The van der Waals surface area contributed by atoms with Crippen molar-refractivity contribution < 1.29 is 14.3 Å². The van der Waals surface area contributed by atoms with Crippen LogP contribution in [0.2, 0.25) is 5.02 Å². The normalized spacial score (nSPS) is 9.86. The van der Waals surface area contributed by atoms with Crippen LogP contribution in [-0.2, 0) is 16.1 Å². The van der Waals surface area contributed by atoms with Crippen LogP contribution in [0.15, 0.2) is 42.5 Å². The summed E-state index contributed by atoms with van der Waals surface area (Å²) in [6, 6.07) is 14.1. The van der Waals surface area contributed by atoms with E-state index in [-0.39, 0.29) is 13.2 Å². The molecule has 2 rings (SSSR count). The molecule has 0 aliphatic carbocycles. The molecule has 0 heterocycles. The zero-order valence-corrected chi connectivity index (χ0v) is 12.8. The Balaban J connectivity index is 1.83. The van der Waals surface area contributed by atoms with E-state index in [2.05, 4.69) is 0 Å². The van der Waals surface area contributed by atoms with Crippen LogP contribution in [0.25, 0.3) is 0 Å². The summed E-state index contributed by atoms with van der Waals surface area (Å²) in [5, 5.41) is 9.45. The average Bonchev–Trinajstić information content (AvgIpc) is 2.54. The molecular formula is C17H14ClNO3. The maximum Gasteiger partial charge on any atom is 0.344 e. The Labute approximate surface area is 133 Å². The van der Waals surface area contributed by atoms with Gasteiger partial charge in [-0.1, -0.05) is 23.7 Å². The maximum absolute atomic E-state index is 11.7. The van der Waals surface area contributed by atoms with E-state index in [1.807, 2.05) is 13.0 Å². The minimum atomic E-state index is -0.477. The second-order valence-electron chi connectivity index (χ2n) is 4.67. The summed E-state index contributed by atoms with van der Waals surface area (Å²) >= 11 is 5.92. The number of esters is 1. The first-order chi connectivity index (χ1) is 10.6. The summed E-state index contributed by atoms with van der Waals surface area (Å²) in [5.41, 5.74) is 2.16. The fraction of sp³-hybridized carbons (Fsp3) is 0.176. The largest absolute Gasteiger partial charge is 0.482 e. The lowest BCUT2D eigenvalue weighted by Crippen LogP contribution is -2.14. The van der Waals surface area contributed by atoms with E-state index in [9.17, 15) is 4.79 Å². The summed E-state index contributed by atoms with van der Waals surface area (Å²) in [7, 11) is 0. The van der Waals surface area contributed by atoms with Gasteiger partial charge in [-0.25, -0.2) is 4.79 Å². The number of carbonyl (C=O) groups excluding carboxylic acids is 1. The van der Waals surface area contributed by atoms with Gasteiger partial charge in [0, 0.05) is 5.02 Å². The van der Waals surface area contributed by atoms with E-state index in [1.54, 1.807) is 42.5 Å². The van der Waals surface area contributed by atoms with Crippen molar-refractivity contribution in [3.05, 3.63) is 64.2 Å². The number of halogens is 1. The quantitative estimate of drug-likeness (QED) is 0.790. The number of benzene rings is 2. The smallest absolute Gasteiger partial charge is 0.344 e. The highest BCUT2D eigenvalue weighted by molar-refractivity contribution is 6.31. The number of aryl methyl sites for hydroxylation is 1. The zero-order chi connectivity index (χ0) is 15.9. The number of nitrogens with zero attached hydrogens (tertiary/aromatic N) is 1. The molecular weight excluding hydrogens is 302 g/mol. The lowest BCUT2D eigenvalue weighted by atomic mass is 10.1. The highest BCUT2D eigenvalue weighted by atomic mass is 35.5. The molecule has 0 unspecified atom stereocenters. The van der Waals surface area contributed by atoms with Gasteiger partial charge in [0.15, 0.2) is 6.61 Å². The maximum atomic E-state index is 11.7. The molecule has 0 spiro atoms. The average molecular weight is 316 g/mol. The number of ether oxygens (including phenoxy) is 2.